The Labute approximate surface area is 142 Å². The maximum Gasteiger partial charge on any atom is 0.191 e. The number of rotatable bonds is 8. The highest BCUT2D eigenvalue weighted by atomic mass is 16.5. The quantitative estimate of drug-likeness (QED) is 0.514. The third-order valence-corrected chi connectivity index (χ3v) is 4.13. The Morgan fingerprint density at radius 2 is 1.96 bits per heavy atom. The number of guanidine groups is 1. The van der Waals surface area contributed by atoms with Gasteiger partial charge in [0.05, 0.1) is 19.3 Å². The summed E-state index contributed by atoms with van der Waals surface area (Å²) in [7, 11) is 2.13. The van der Waals surface area contributed by atoms with Gasteiger partial charge in [-0.3, -0.25) is 9.89 Å². The van der Waals surface area contributed by atoms with Gasteiger partial charge in [-0.15, -0.1) is 0 Å². The number of aliphatic imine (C=N–C) groups is 1. The minimum atomic E-state index is 0.201. The molecule has 0 aliphatic carbocycles. The lowest BCUT2D eigenvalue weighted by Crippen LogP contribution is -2.46. The van der Waals surface area contributed by atoms with E-state index >= 15 is 0 Å². The van der Waals surface area contributed by atoms with Gasteiger partial charge in [-0.2, -0.15) is 0 Å². The van der Waals surface area contributed by atoms with Gasteiger partial charge < -0.3 is 20.3 Å². The van der Waals surface area contributed by atoms with Crippen molar-refractivity contribution >= 4 is 5.96 Å². The van der Waals surface area contributed by atoms with E-state index in [0.29, 0.717) is 18.6 Å². The monoisotopic (exact) mass is 327 g/mol. The molecule has 1 heterocycles. The van der Waals surface area contributed by atoms with E-state index in [2.05, 4.69) is 67.1 Å². The van der Waals surface area contributed by atoms with Crippen LogP contribution in [0.3, 0.4) is 0 Å². The summed E-state index contributed by atoms with van der Waals surface area (Å²) in [6.07, 6.45) is 0.201. The first-order valence-corrected chi connectivity index (χ1v) is 9.02. The first kappa shape index (κ1) is 20.2. The maximum absolute atomic E-state index is 5.77. The first-order valence-electron chi connectivity index (χ1n) is 9.02. The van der Waals surface area contributed by atoms with Crippen LogP contribution in [-0.2, 0) is 4.74 Å². The summed E-state index contributed by atoms with van der Waals surface area (Å²) >= 11 is 0. The summed E-state index contributed by atoms with van der Waals surface area (Å²) in [5, 5.41) is 6.76. The molecule has 0 radical (unpaired) electrons. The van der Waals surface area contributed by atoms with Crippen LogP contribution >= 0.6 is 0 Å². The van der Waals surface area contributed by atoms with E-state index in [4.69, 9.17) is 4.74 Å². The largest absolute Gasteiger partial charge is 0.374 e. The maximum atomic E-state index is 5.77. The highest BCUT2D eigenvalue weighted by Crippen LogP contribution is 2.04. The van der Waals surface area contributed by atoms with Gasteiger partial charge in [-0.25, -0.2) is 0 Å². The number of hydrogen-bond donors (Lipinski definition) is 2. The molecule has 1 aliphatic rings. The van der Waals surface area contributed by atoms with Crippen LogP contribution < -0.4 is 10.6 Å². The van der Waals surface area contributed by atoms with Crippen LogP contribution in [0.1, 0.15) is 34.6 Å². The van der Waals surface area contributed by atoms with Crippen LogP contribution in [0, 0.1) is 0 Å². The normalized spacial score (nSPS) is 20.6. The molecule has 0 saturated carbocycles. The zero-order valence-electron chi connectivity index (χ0n) is 15.9. The highest BCUT2D eigenvalue weighted by molar-refractivity contribution is 5.79. The van der Waals surface area contributed by atoms with E-state index in [0.717, 1.165) is 45.3 Å². The smallest absolute Gasteiger partial charge is 0.191 e. The molecule has 0 aromatic carbocycles. The summed E-state index contributed by atoms with van der Waals surface area (Å²) in [6.45, 7) is 17.3. The van der Waals surface area contributed by atoms with Crippen molar-refractivity contribution in [3.05, 3.63) is 0 Å². The lowest BCUT2D eigenvalue weighted by atomic mass is 10.2. The van der Waals surface area contributed by atoms with E-state index < -0.39 is 0 Å². The number of morpholine rings is 1. The van der Waals surface area contributed by atoms with Crippen molar-refractivity contribution in [1.29, 1.82) is 0 Å². The van der Waals surface area contributed by atoms with Crippen LogP contribution in [0.4, 0.5) is 0 Å². The second kappa shape index (κ2) is 10.8. The van der Waals surface area contributed by atoms with Gasteiger partial charge in [-0.05, 0) is 41.7 Å². The van der Waals surface area contributed by atoms with Gasteiger partial charge in [0, 0.05) is 44.8 Å². The van der Waals surface area contributed by atoms with E-state index in [1.807, 2.05) is 0 Å². The molecular weight excluding hydrogens is 290 g/mol. The number of nitrogens with one attached hydrogen (secondary N) is 2. The van der Waals surface area contributed by atoms with E-state index in [1.165, 1.54) is 0 Å². The van der Waals surface area contributed by atoms with Crippen molar-refractivity contribution in [3.63, 3.8) is 0 Å². The van der Waals surface area contributed by atoms with Crippen LogP contribution in [-0.4, -0.2) is 86.9 Å². The molecular formula is C17H37N5O. The summed E-state index contributed by atoms with van der Waals surface area (Å²) < 4.78 is 5.77. The summed E-state index contributed by atoms with van der Waals surface area (Å²) in [6, 6.07) is 1.12. The van der Waals surface area contributed by atoms with Crippen LogP contribution in [0.25, 0.3) is 0 Å². The average Bonchev–Trinajstić information content (AvgIpc) is 2.48. The van der Waals surface area contributed by atoms with Crippen LogP contribution in [0.2, 0.25) is 0 Å². The topological polar surface area (TPSA) is 52.1 Å². The summed E-state index contributed by atoms with van der Waals surface area (Å²) in [4.78, 5) is 9.46. The van der Waals surface area contributed by atoms with Crippen molar-refractivity contribution in [2.24, 2.45) is 4.99 Å². The minimum Gasteiger partial charge on any atom is -0.374 e. The van der Waals surface area contributed by atoms with Crippen LogP contribution in [0.5, 0.6) is 0 Å². The van der Waals surface area contributed by atoms with Gasteiger partial charge in [0.25, 0.3) is 0 Å². The molecule has 1 saturated heterocycles. The second-order valence-electron chi connectivity index (χ2n) is 6.83. The molecule has 1 unspecified atom stereocenters. The molecule has 1 rings (SSSR count). The van der Waals surface area contributed by atoms with E-state index in [9.17, 15) is 0 Å². The van der Waals surface area contributed by atoms with Crippen molar-refractivity contribution in [2.45, 2.75) is 52.8 Å². The number of nitrogens with zero attached hydrogens (tertiary/aromatic N) is 3. The number of ether oxygens (including phenoxy) is 1. The Kier molecular flexibility index (Phi) is 9.52. The molecule has 136 valence electrons. The highest BCUT2D eigenvalue weighted by Gasteiger charge is 2.17. The molecule has 23 heavy (non-hydrogen) atoms. The van der Waals surface area contributed by atoms with Crippen LogP contribution in [0.15, 0.2) is 4.99 Å². The third kappa shape index (κ3) is 7.99. The van der Waals surface area contributed by atoms with Gasteiger partial charge in [-0.1, -0.05) is 0 Å². The second-order valence-corrected chi connectivity index (χ2v) is 6.83. The lowest BCUT2D eigenvalue weighted by molar-refractivity contribution is -0.0136. The zero-order chi connectivity index (χ0) is 17.2. The fraction of sp³-hybridized carbons (Fsp3) is 0.941. The fourth-order valence-electron chi connectivity index (χ4n) is 2.93. The van der Waals surface area contributed by atoms with Gasteiger partial charge in [0.15, 0.2) is 5.96 Å². The Bertz CT molecular complexity index is 338. The Morgan fingerprint density at radius 1 is 1.26 bits per heavy atom. The van der Waals surface area contributed by atoms with Gasteiger partial charge >= 0.3 is 0 Å². The predicted molar refractivity (Wildman–Crippen MR) is 98.2 cm³/mol. The Balaban J connectivity index is 2.42. The van der Waals surface area contributed by atoms with E-state index in [-0.39, 0.29) is 6.10 Å². The molecule has 0 bridgehead atoms. The fourth-order valence-corrected chi connectivity index (χ4v) is 2.93. The molecule has 2 N–H and O–H groups in total. The third-order valence-electron chi connectivity index (χ3n) is 4.13. The number of likely N-dealkylation sites (N-methyl/N-ethyl adjacent to an activating group) is 1. The van der Waals surface area contributed by atoms with E-state index in [1.54, 1.807) is 0 Å². The van der Waals surface area contributed by atoms with Crippen molar-refractivity contribution in [1.82, 2.24) is 20.4 Å². The van der Waals surface area contributed by atoms with Gasteiger partial charge in [0.1, 0.15) is 0 Å². The molecule has 0 aromatic rings. The molecule has 0 spiro atoms. The lowest BCUT2D eigenvalue weighted by Gasteiger charge is -2.31. The van der Waals surface area contributed by atoms with Crippen molar-refractivity contribution < 1.29 is 4.74 Å². The average molecular weight is 328 g/mol. The Morgan fingerprint density at radius 3 is 2.52 bits per heavy atom. The standard InChI is InChI=1S/C17H37N5O/c1-7-18-17(19-8-9-22(14(2)3)15(4)5)20-12-16-13-21(6)10-11-23-16/h14-16H,7-13H2,1-6H3,(H2,18,19,20). The van der Waals surface area contributed by atoms with Gasteiger partial charge in [0.2, 0.25) is 0 Å². The zero-order valence-corrected chi connectivity index (χ0v) is 15.9. The minimum absolute atomic E-state index is 0.201. The molecule has 1 aliphatic heterocycles. The van der Waals surface area contributed by atoms with Crippen molar-refractivity contribution in [3.8, 4) is 0 Å². The number of hydrogen-bond acceptors (Lipinski definition) is 4. The van der Waals surface area contributed by atoms with Crippen molar-refractivity contribution in [2.75, 3.05) is 52.9 Å². The molecule has 0 aromatic heterocycles. The molecule has 0 amide bonds. The molecule has 1 fully saturated rings. The summed E-state index contributed by atoms with van der Waals surface area (Å²) in [5.41, 5.74) is 0. The molecule has 6 nitrogen and oxygen atoms in total. The SMILES string of the molecule is CCNC(=NCC1CN(C)CCO1)NCCN(C(C)C)C(C)C. The Hall–Kier alpha value is -0.850. The summed E-state index contributed by atoms with van der Waals surface area (Å²) in [5.74, 6) is 0.886. The molecule has 1 atom stereocenters. The predicted octanol–water partition coefficient (Wildman–Crippen LogP) is 0.991. The first-order chi connectivity index (χ1) is 10.9. The molecule has 6 heteroatoms.